The fourth-order valence-electron chi connectivity index (χ4n) is 11.4. The fraction of sp³-hybridized carbons (Fsp3) is 0.476. The SMILES string of the molecule is CC[C@@]1(O)C(=O)OCc2c1cc1n(c2=O)Cc2c-1nc1cc(F)c(C)c3c1c2[C@@H](NC(=O)C1(COCNC(=O)CNC(=O)[C@H](Cc2ccccc2)NC(=O)CNC(=O)CNC(=O)[C@H](CN(CC(=O)OC(C)(C)C)C(=O)OC(C)(C)C)N2C(=O)C=CC2=O)CC1)CC3. The minimum atomic E-state index is -2.06. The molecule has 0 bridgehead atoms. The summed E-state index contributed by atoms with van der Waals surface area (Å²) in [6.07, 6.45) is 2.35. The molecule has 4 atom stereocenters. The van der Waals surface area contributed by atoms with E-state index in [0.717, 1.165) is 22.6 Å². The molecule has 7 N–H and O–H groups in total. The summed E-state index contributed by atoms with van der Waals surface area (Å²) in [4.78, 5) is 166. The smallest absolute Gasteiger partial charge is 0.410 e. The Morgan fingerprint density at radius 1 is 0.835 bits per heavy atom. The number of ether oxygens (including phenoxy) is 4. The maximum atomic E-state index is 15.5. The predicted molar refractivity (Wildman–Crippen MR) is 319 cm³/mol. The molecule has 484 valence electrons. The van der Waals surface area contributed by atoms with Crippen LogP contribution in [0.3, 0.4) is 0 Å². The molecule has 0 radical (unpaired) electrons. The lowest BCUT2D eigenvalue weighted by Crippen LogP contribution is -2.57. The van der Waals surface area contributed by atoms with Crippen LogP contribution in [0.25, 0.3) is 22.3 Å². The number of rotatable bonds is 23. The molecule has 2 aromatic carbocycles. The van der Waals surface area contributed by atoms with E-state index in [1.165, 1.54) is 10.6 Å². The van der Waals surface area contributed by atoms with E-state index in [1.807, 2.05) is 0 Å². The van der Waals surface area contributed by atoms with Crippen molar-refractivity contribution in [2.24, 2.45) is 5.41 Å². The van der Waals surface area contributed by atoms with Gasteiger partial charge in [0.25, 0.3) is 17.4 Å². The summed E-state index contributed by atoms with van der Waals surface area (Å²) in [7, 11) is 0. The zero-order chi connectivity index (χ0) is 66.1. The number of fused-ring (bicyclic) bond motifs is 5. The van der Waals surface area contributed by atoms with E-state index >= 15 is 4.39 Å². The number of hydrogen-bond acceptors (Lipinski definition) is 18. The van der Waals surface area contributed by atoms with E-state index in [0.29, 0.717) is 75.1 Å². The molecular formula is C63H73FN10O17. The monoisotopic (exact) mass is 1260 g/mol. The number of carbonyl (C=O) groups is 11. The number of nitrogens with zero attached hydrogens (tertiary/aromatic N) is 4. The topological polar surface area (TPSA) is 358 Å². The van der Waals surface area contributed by atoms with Crippen LogP contribution in [0.2, 0.25) is 0 Å². The second kappa shape index (κ2) is 26.2. The number of hydrogen-bond donors (Lipinski definition) is 7. The molecular weight excluding hydrogens is 1190 g/mol. The number of imide groups is 1. The number of amides is 9. The van der Waals surface area contributed by atoms with Crippen molar-refractivity contribution < 1.29 is 81.2 Å². The van der Waals surface area contributed by atoms with Crippen molar-refractivity contribution in [2.75, 3.05) is 46.1 Å². The Bertz CT molecular complexity index is 3760. The lowest BCUT2D eigenvalue weighted by Gasteiger charge is -2.32. The Kier molecular flexibility index (Phi) is 19.0. The van der Waals surface area contributed by atoms with E-state index < -0.39 is 144 Å². The highest BCUT2D eigenvalue weighted by Gasteiger charge is 2.52. The zero-order valence-electron chi connectivity index (χ0n) is 51.7. The lowest BCUT2D eigenvalue weighted by molar-refractivity contribution is -0.172. The number of halogens is 1. The zero-order valence-corrected chi connectivity index (χ0v) is 51.7. The molecule has 1 fully saturated rings. The average Bonchev–Trinajstić information content (AvgIpc) is 1.63. The van der Waals surface area contributed by atoms with Gasteiger partial charge in [0.1, 0.15) is 49.0 Å². The molecule has 4 aromatic rings. The van der Waals surface area contributed by atoms with Gasteiger partial charge in [0.2, 0.25) is 35.4 Å². The molecule has 91 heavy (non-hydrogen) atoms. The predicted octanol–water partition coefficient (Wildman–Crippen LogP) is 1.45. The van der Waals surface area contributed by atoms with Crippen LogP contribution in [0.4, 0.5) is 9.18 Å². The van der Waals surface area contributed by atoms with E-state index in [-0.39, 0.29) is 56.4 Å². The Balaban J connectivity index is 0.776. The van der Waals surface area contributed by atoms with Crippen LogP contribution in [0, 0.1) is 18.2 Å². The van der Waals surface area contributed by atoms with Gasteiger partial charge in [-0.2, -0.15) is 0 Å². The van der Waals surface area contributed by atoms with Gasteiger partial charge in [-0.1, -0.05) is 37.3 Å². The minimum absolute atomic E-state index is 0.0472. The van der Waals surface area contributed by atoms with E-state index in [4.69, 9.17) is 23.9 Å². The lowest BCUT2D eigenvalue weighted by atomic mass is 9.81. The van der Waals surface area contributed by atoms with Crippen LogP contribution in [-0.4, -0.2) is 159 Å². The number of carbonyl (C=O) groups excluding carboxylic acids is 11. The first-order valence-corrected chi connectivity index (χ1v) is 29.8. The maximum absolute atomic E-state index is 15.5. The molecule has 28 heteroatoms. The van der Waals surface area contributed by atoms with Crippen molar-refractivity contribution >= 4 is 76.2 Å². The van der Waals surface area contributed by atoms with Crippen molar-refractivity contribution in [2.45, 2.75) is 142 Å². The number of nitrogens with one attached hydrogen (secondary N) is 6. The molecule has 27 nitrogen and oxygen atoms in total. The summed E-state index contributed by atoms with van der Waals surface area (Å²) in [5, 5.41) is 27.5. The van der Waals surface area contributed by atoms with E-state index in [2.05, 4.69) is 31.9 Å². The summed E-state index contributed by atoms with van der Waals surface area (Å²) in [6.45, 7) is 8.46. The number of aryl methyl sites for hydroxylation is 1. The number of aliphatic hydroxyl groups is 1. The summed E-state index contributed by atoms with van der Waals surface area (Å²) in [5.41, 5.74) is -1.14. The fourth-order valence-corrected chi connectivity index (χ4v) is 11.4. The van der Waals surface area contributed by atoms with Gasteiger partial charge in [0, 0.05) is 41.2 Å². The highest BCUT2D eigenvalue weighted by atomic mass is 19.1. The van der Waals surface area contributed by atoms with Gasteiger partial charge in [0.05, 0.1) is 73.3 Å². The third-order valence-electron chi connectivity index (χ3n) is 16.2. The van der Waals surface area contributed by atoms with Crippen LogP contribution in [0.1, 0.15) is 119 Å². The van der Waals surface area contributed by atoms with Gasteiger partial charge < -0.3 is 60.5 Å². The van der Waals surface area contributed by atoms with Crippen molar-refractivity contribution in [1.29, 1.82) is 0 Å². The highest BCUT2D eigenvalue weighted by molar-refractivity contribution is 6.15. The number of esters is 2. The summed E-state index contributed by atoms with van der Waals surface area (Å²) >= 11 is 0. The quantitative estimate of drug-likeness (QED) is 0.0160. The third kappa shape index (κ3) is 14.6. The third-order valence-corrected chi connectivity index (χ3v) is 16.2. The van der Waals surface area contributed by atoms with Gasteiger partial charge in [-0.3, -0.25) is 57.7 Å². The van der Waals surface area contributed by atoms with Gasteiger partial charge in [-0.15, -0.1) is 0 Å². The number of aromatic nitrogens is 2. The standard InChI is InChI=1S/C63H73FN10O17/c1-9-63(87)38-22-43-53-36(27-73(43)56(83)37(38)30-89-58(63)85)52-40(16-15-35-33(2)39(64)23-41(70-53)51(35)52)71-57(84)62(19-20-62)31-88-32-68-46(76)25-66-54(81)42(21-34-13-11-10-12-14-34)69-47(77)26-65-45(75)24-67-55(82)44(74-48(78)17-18-49(74)79)28-72(59(86)91-61(6,7)8)29-50(80)90-60(3,4)5/h10-14,17-18,22-23,40,42,44,87H,9,15-16,19-21,24-32H2,1-8H3,(H,65,75)(H,66,81)(H,67,82)(H,68,76)(H,69,77)(H,71,84)/t40-,42-,44-,63-/m0/s1. The number of pyridine rings is 2. The Hall–Kier alpha value is -9.44. The number of cyclic esters (lactones) is 1. The van der Waals surface area contributed by atoms with E-state index in [9.17, 15) is 62.6 Å². The molecule has 0 unspecified atom stereocenters. The molecule has 5 heterocycles. The molecule has 5 aliphatic rings. The van der Waals surface area contributed by atoms with E-state index in [1.54, 1.807) is 91.8 Å². The Morgan fingerprint density at radius 3 is 2.13 bits per heavy atom. The maximum Gasteiger partial charge on any atom is 0.410 e. The van der Waals surface area contributed by atoms with Gasteiger partial charge in [-0.05, 0) is 109 Å². The minimum Gasteiger partial charge on any atom is -0.459 e. The van der Waals surface area contributed by atoms with Crippen LogP contribution < -0.4 is 37.5 Å². The molecule has 0 saturated heterocycles. The van der Waals surface area contributed by atoms with Crippen molar-refractivity contribution in [1.82, 2.24) is 51.3 Å². The van der Waals surface area contributed by atoms with Crippen LogP contribution in [0.5, 0.6) is 0 Å². The van der Waals surface area contributed by atoms with Crippen molar-refractivity contribution in [3.63, 3.8) is 0 Å². The summed E-state index contributed by atoms with van der Waals surface area (Å²) in [6, 6.07) is 7.82. The van der Waals surface area contributed by atoms with Gasteiger partial charge in [-0.25, -0.2) is 19.0 Å². The molecule has 2 aromatic heterocycles. The molecule has 3 aliphatic heterocycles. The number of benzene rings is 2. The largest absolute Gasteiger partial charge is 0.459 e. The Labute approximate surface area is 521 Å². The average molecular weight is 1260 g/mol. The summed E-state index contributed by atoms with van der Waals surface area (Å²) < 4.78 is 38.9. The van der Waals surface area contributed by atoms with Crippen LogP contribution >= 0.6 is 0 Å². The molecule has 2 aliphatic carbocycles. The van der Waals surface area contributed by atoms with Crippen LogP contribution in [-0.2, 0) is 98.5 Å². The second-order valence-corrected chi connectivity index (χ2v) is 25.1. The first-order chi connectivity index (χ1) is 42.9. The van der Waals surface area contributed by atoms with Crippen molar-refractivity contribution in [3.05, 3.63) is 110 Å². The first kappa shape index (κ1) is 66.0. The Morgan fingerprint density at radius 2 is 1.48 bits per heavy atom. The normalized spacial score (nSPS) is 18.2. The van der Waals surface area contributed by atoms with Crippen LogP contribution in [0.15, 0.2) is 59.4 Å². The molecule has 0 spiro atoms. The molecule has 9 rings (SSSR count). The van der Waals surface area contributed by atoms with Crippen molar-refractivity contribution in [3.8, 4) is 11.4 Å². The van der Waals surface area contributed by atoms with Gasteiger partial charge >= 0.3 is 18.0 Å². The first-order valence-electron chi connectivity index (χ1n) is 29.8. The molecule has 9 amide bonds. The van der Waals surface area contributed by atoms with Gasteiger partial charge in [0.15, 0.2) is 5.60 Å². The second-order valence-electron chi connectivity index (χ2n) is 25.1. The highest BCUT2D eigenvalue weighted by Crippen LogP contribution is 2.49. The summed E-state index contributed by atoms with van der Waals surface area (Å²) in [5.74, 6) is -8.70. The molecule has 1 saturated carbocycles.